The standard InChI is InChI=1S/C19H19NO2/c21-19(22)13-7-16-14-5-1-3-11(14)9-20-10-12-4-2-6-15(12)17(8-13)18(16)20/h1-2,5-8,11-12,14-15H,3-4,9-10H2,(H,21,22)/t11-,12+,14+,15-. The number of benzene rings is 1. The van der Waals surface area contributed by atoms with E-state index in [1.54, 1.807) is 0 Å². The zero-order valence-electron chi connectivity index (χ0n) is 12.4. The lowest BCUT2D eigenvalue weighted by Crippen LogP contribution is -2.43. The zero-order chi connectivity index (χ0) is 14.8. The highest BCUT2D eigenvalue weighted by atomic mass is 16.4. The maximum atomic E-state index is 11.6. The first-order chi connectivity index (χ1) is 10.7. The second-order valence-corrected chi connectivity index (χ2v) is 7.11. The first kappa shape index (κ1) is 12.5. The third kappa shape index (κ3) is 1.54. The van der Waals surface area contributed by atoms with E-state index < -0.39 is 5.97 Å². The van der Waals surface area contributed by atoms with Crippen LogP contribution in [0.2, 0.25) is 0 Å². The molecule has 2 aliphatic carbocycles. The fourth-order valence-corrected chi connectivity index (χ4v) is 5.00. The van der Waals surface area contributed by atoms with E-state index in [4.69, 9.17) is 0 Å². The van der Waals surface area contributed by atoms with Crippen LogP contribution in [-0.4, -0.2) is 24.2 Å². The van der Waals surface area contributed by atoms with Gasteiger partial charge in [-0.1, -0.05) is 24.3 Å². The van der Waals surface area contributed by atoms with Crippen molar-refractivity contribution in [2.75, 3.05) is 18.0 Å². The number of aromatic carboxylic acids is 1. The van der Waals surface area contributed by atoms with Crippen LogP contribution in [0, 0.1) is 11.8 Å². The molecule has 4 atom stereocenters. The lowest BCUT2D eigenvalue weighted by Gasteiger charge is -2.46. The van der Waals surface area contributed by atoms with Crippen LogP contribution in [0.1, 0.15) is 46.2 Å². The van der Waals surface area contributed by atoms with Gasteiger partial charge >= 0.3 is 5.97 Å². The van der Waals surface area contributed by atoms with Crippen molar-refractivity contribution in [1.82, 2.24) is 0 Å². The minimum Gasteiger partial charge on any atom is -0.478 e. The van der Waals surface area contributed by atoms with Gasteiger partial charge in [-0.15, -0.1) is 0 Å². The zero-order valence-corrected chi connectivity index (χ0v) is 12.4. The predicted molar refractivity (Wildman–Crippen MR) is 85.6 cm³/mol. The molecule has 0 unspecified atom stereocenters. The summed E-state index contributed by atoms with van der Waals surface area (Å²) in [4.78, 5) is 14.1. The van der Waals surface area contributed by atoms with Gasteiger partial charge in [0.05, 0.1) is 5.56 Å². The Bertz CT molecular complexity index is 682. The number of allylic oxidation sites excluding steroid dienone is 4. The molecular weight excluding hydrogens is 274 g/mol. The van der Waals surface area contributed by atoms with Crippen LogP contribution < -0.4 is 4.90 Å². The Morgan fingerprint density at radius 3 is 2.05 bits per heavy atom. The summed E-state index contributed by atoms with van der Waals surface area (Å²) in [5.41, 5.74) is 4.29. The van der Waals surface area contributed by atoms with Crippen molar-refractivity contribution < 1.29 is 9.90 Å². The first-order valence-corrected chi connectivity index (χ1v) is 8.22. The predicted octanol–water partition coefficient (Wildman–Crippen LogP) is 3.54. The Morgan fingerprint density at radius 1 is 1.00 bits per heavy atom. The van der Waals surface area contributed by atoms with Crippen molar-refractivity contribution in [2.45, 2.75) is 24.7 Å². The highest BCUT2D eigenvalue weighted by Crippen LogP contribution is 2.53. The van der Waals surface area contributed by atoms with Gasteiger partial charge in [0.25, 0.3) is 0 Å². The van der Waals surface area contributed by atoms with E-state index in [0.717, 1.165) is 25.9 Å². The Labute approximate surface area is 129 Å². The van der Waals surface area contributed by atoms with Gasteiger partial charge in [-0.3, -0.25) is 0 Å². The van der Waals surface area contributed by atoms with Crippen LogP contribution in [0.4, 0.5) is 5.69 Å². The molecule has 0 spiro atoms. The van der Waals surface area contributed by atoms with Crippen LogP contribution >= 0.6 is 0 Å². The van der Waals surface area contributed by atoms with E-state index in [1.165, 1.54) is 16.8 Å². The molecule has 22 heavy (non-hydrogen) atoms. The molecule has 0 fully saturated rings. The summed E-state index contributed by atoms with van der Waals surface area (Å²) in [7, 11) is 0. The van der Waals surface area contributed by atoms with Gasteiger partial charge in [0.2, 0.25) is 0 Å². The van der Waals surface area contributed by atoms with Gasteiger partial charge in [0, 0.05) is 30.6 Å². The number of hydrogen-bond donors (Lipinski definition) is 1. The van der Waals surface area contributed by atoms with E-state index in [2.05, 4.69) is 29.2 Å². The monoisotopic (exact) mass is 293 g/mol. The molecule has 112 valence electrons. The normalized spacial score (nSPS) is 33.5. The number of carboxylic acids is 1. The second kappa shape index (κ2) is 4.25. The van der Waals surface area contributed by atoms with Gasteiger partial charge in [-0.25, -0.2) is 4.79 Å². The molecule has 0 radical (unpaired) electrons. The fraction of sp³-hybridized carbons (Fsp3) is 0.421. The van der Waals surface area contributed by atoms with Crippen LogP contribution in [0.25, 0.3) is 0 Å². The number of carbonyl (C=O) groups is 1. The van der Waals surface area contributed by atoms with Crippen LogP contribution in [0.3, 0.4) is 0 Å². The third-order valence-electron chi connectivity index (χ3n) is 5.94. The number of anilines is 1. The number of carboxylic acid groups (broad SMARTS) is 1. The van der Waals surface area contributed by atoms with E-state index in [1.807, 2.05) is 12.1 Å². The molecule has 4 aliphatic rings. The molecule has 1 aromatic rings. The highest BCUT2D eigenvalue weighted by Gasteiger charge is 2.42. The SMILES string of the molecule is O=C(O)c1cc2c3c(c1)[C@@H]1C=CC[C@H]1CN3C[C@H]1CC=C[C@H]21. The lowest BCUT2D eigenvalue weighted by molar-refractivity contribution is 0.0696. The molecule has 1 aromatic carbocycles. The van der Waals surface area contributed by atoms with Crippen molar-refractivity contribution in [1.29, 1.82) is 0 Å². The van der Waals surface area contributed by atoms with Crippen molar-refractivity contribution in [2.24, 2.45) is 11.8 Å². The van der Waals surface area contributed by atoms with Gasteiger partial charge in [0.1, 0.15) is 0 Å². The molecule has 0 aromatic heterocycles. The maximum absolute atomic E-state index is 11.6. The van der Waals surface area contributed by atoms with Crippen LogP contribution in [0.15, 0.2) is 36.4 Å². The van der Waals surface area contributed by atoms with E-state index in [9.17, 15) is 9.90 Å². The van der Waals surface area contributed by atoms with E-state index in [-0.39, 0.29) is 0 Å². The topological polar surface area (TPSA) is 40.5 Å². The van der Waals surface area contributed by atoms with Crippen LogP contribution in [-0.2, 0) is 0 Å². The Kier molecular flexibility index (Phi) is 2.42. The average molecular weight is 293 g/mol. The average Bonchev–Trinajstić information content (AvgIpc) is 3.15. The minimum absolute atomic E-state index is 0.409. The summed E-state index contributed by atoms with van der Waals surface area (Å²) in [5.74, 6) is 1.25. The summed E-state index contributed by atoms with van der Waals surface area (Å²) in [6.45, 7) is 2.24. The summed E-state index contributed by atoms with van der Waals surface area (Å²) in [6, 6.07) is 3.86. The number of fused-ring (bicyclic) bond motifs is 4. The number of nitrogens with zero attached hydrogens (tertiary/aromatic N) is 1. The largest absolute Gasteiger partial charge is 0.478 e. The van der Waals surface area contributed by atoms with Gasteiger partial charge in [0.15, 0.2) is 0 Å². The molecule has 3 nitrogen and oxygen atoms in total. The fourth-order valence-electron chi connectivity index (χ4n) is 5.00. The lowest BCUT2D eigenvalue weighted by atomic mass is 9.74. The molecule has 0 saturated carbocycles. The molecule has 1 N–H and O–H groups in total. The summed E-state index contributed by atoms with van der Waals surface area (Å²) in [6.07, 6.45) is 11.4. The molecule has 0 bridgehead atoms. The molecule has 2 aliphatic heterocycles. The molecule has 3 heteroatoms. The molecule has 2 heterocycles. The molecular formula is C19H19NO2. The summed E-state index contributed by atoms with van der Waals surface area (Å²) < 4.78 is 0. The second-order valence-electron chi connectivity index (χ2n) is 7.11. The quantitative estimate of drug-likeness (QED) is 0.805. The highest BCUT2D eigenvalue weighted by molar-refractivity contribution is 5.90. The van der Waals surface area contributed by atoms with E-state index in [0.29, 0.717) is 29.2 Å². The van der Waals surface area contributed by atoms with Gasteiger partial charge < -0.3 is 10.0 Å². The van der Waals surface area contributed by atoms with Crippen molar-refractivity contribution >= 4 is 11.7 Å². The number of rotatable bonds is 1. The summed E-state index contributed by atoms with van der Waals surface area (Å²) in [5, 5.41) is 9.52. The first-order valence-electron chi connectivity index (χ1n) is 8.22. The number of hydrogen-bond acceptors (Lipinski definition) is 2. The third-order valence-corrected chi connectivity index (χ3v) is 5.94. The van der Waals surface area contributed by atoms with Gasteiger partial charge in [-0.2, -0.15) is 0 Å². The maximum Gasteiger partial charge on any atom is 0.335 e. The molecule has 0 saturated heterocycles. The Balaban J connectivity index is 1.77. The van der Waals surface area contributed by atoms with E-state index >= 15 is 0 Å². The van der Waals surface area contributed by atoms with Crippen molar-refractivity contribution in [3.63, 3.8) is 0 Å². The Morgan fingerprint density at radius 2 is 1.55 bits per heavy atom. The summed E-state index contributed by atoms with van der Waals surface area (Å²) >= 11 is 0. The molecule has 5 rings (SSSR count). The smallest absolute Gasteiger partial charge is 0.335 e. The molecule has 0 amide bonds. The van der Waals surface area contributed by atoms with Crippen molar-refractivity contribution in [3.8, 4) is 0 Å². The minimum atomic E-state index is -0.807. The van der Waals surface area contributed by atoms with Crippen molar-refractivity contribution in [3.05, 3.63) is 53.1 Å². The van der Waals surface area contributed by atoms with Crippen LogP contribution in [0.5, 0.6) is 0 Å². The Hall–Kier alpha value is -2.03. The van der Waals surface area contributed by atoms with Gasteiger partial charge in [-0.05, 0) is 47.9 Å².